The summed E-state index contributed by atoms with van der Waals surface area (Å²) in [4.78, 5) is 11.6. The highest BCUT2D eigenvalue weighted by atomic mass is 19.1. The van der Waals surface area contributed by atoms with Crippen molar-refractivity contribution in [3.05, 3.63) is 58.0 Å². The topological polar surface area (TPSA) is 98.6 Å². The SMILES string of the molecule is Cc1ccccc1OCc1c(-n2nn[nH]c2=O)cnnc1F. The Kier molecular flexibility index (Phi) is 3.60. The third-order valence-electron chi connectivity index (χ3n) is 3.05. The maximum Gasteiger partial charge on any atom is 0.365 e. The smallest absolute Gasteiger partial charge is 0.365 e. The Morgan fingerprint density at radius 2 is 2.18 bits per heavy atom. The Balaban J connectivity index is 1.96. The summed E-state index contributed by atoms with van der Waals surface area (Å²) in [5, 5.41) is 15.9. The van der Waals surface area contributed by atoms with E-state index in [1.165, 1.54) is 6.20 Å². The third kappa shape index (κ3) is 2.55. The average molecular weight is 302 g/mol. The average Bonchev–Trinajstić information content (AvgIpc) is 2.93. The van der Waals surface area contributed by atoms with E-state index in [-0.39, 0.29) is 17.9 Å². The van der Waals surface area contributed by atoms with E-state index in [4.69, 9.17) is 4.74 Å². The van der Waals surface area contributed by atoms with Crippen molar-refractivity contribution < 1.29 is 9.13 Å². The highest BCUT2D eigenvalue weighted by Crippen LogP contribution is 2.20. The molecule has 0 saturated heterocycles. The number of H-pyrrole nitrogens is 1. The number of para-hydroxylation sites is 1. The molecule has 0 aliphatic heterocycles. The number of aryl methyl sites for hydroxylation is 1. The molecule has 0 radical (unpaired) electrons. The van der Waals surface area contributed by atoms with Crippen LogP contribution >= 0.6 is 0 Å². The Labute approximate surface area is 123 Å². The molecule has 2 heterocycles. The molecule has 3 aromatic rings. The van der Waals surface area contributed by atoms with E-state index in [2.05, 4.69) is 25.7 Å². The molecule has 3 rings (SSSR count). The van der Waals surface area contributed by atoms with Gasteiger partial charge in [-0.05, 0) is 29.0 Å². The van der Waals surface area contributed by atoms with Crippen LogP contribution < -0.4 is 10.4 Å². The van der Waals surface area contributed by atoms with Crippen molar-refractivity contribution in [1.29, 1.82) is 0 Å². The molecule has 1 N–H and O–H groups in total. The van der Waals surface area contributed by atoms with Crippen molar-refractivity contribution in [3.8, 4) is 11.4 Å². The van der Waals surface area contributed by atoms with Crippen LogP contribution in [0.15, 0.2) is 35.3 Å². The Hall–Kier alpha value is -3.10. The second-order valence-corrected chi connectivity index (χ2v) is 4.47. The fourth-order valence-corrected chi connectivity index (χ4v) is 1.92. The molecule has 2 aromatic heterocycles. The Morgan fingerprint density at radius 1 is 1.36 bits per heavy atom. The lowest BCUT2D eigenvalue weighted by Crippen LogP contribution is -2.20. The molecule has 9 heteroatoms. The minimum atomic E-state index is -0.832. The molecular formula is C13H11FN6O2. The first-order valence-corrected chi connectivity index (χ1v) is 6.36. The number of halogens is 1. The van der Waals surface area contributed by atoms with E-state index in [0.29, 0.717) is 5.75 Å². The van der Waals surface area contributed by atoms with Crippen LogP contribution in [0, 0.1) is 12.9 Å². The predicted molar refractivity (Wildman–Crippen MR) is 73.0 cm³/mol. The molecule has 0 saturated carbocycles. The van der Waals surface area contributed by atoms with Gasteiger partial charge in [-0.15, -0.1) is 5.10 Å². The molecule has 0 spiro atoms. The van der Waals surface area contributed by atoms with E-state index in [0.717, 1.165) is 10.2 Å². The quantitative estimate of drug-likeness (QED) is 0.764. The van der Waals surface area contributed by atoms with Crippen LogP contribution in [-0.4, -0.2) is 30.4 Å². The van der Waals surface area contributed by atoms with E-state index in [9.17, 15) is 9.18 Å². The zero-order chi connectivity index (χ0) is 15.5. The predicted octanol–water partition coefficient (Wildman–Crippen LogP) is 0.772. The number of aromatic amines is 1. The lowest BCUT2D eigenvalue weighted by molar-refractivity contribution is 0.294. The lowest BCUT2D eigenvalue weighted by atomic mass is 10.2. The van der Waals surface area contributed by atoms with Crippen molar-refractivity contribution in [3.63, 3.8) is 0 Å². The van der Waals surface area contributed by atoms with Gasteiger partial charge in [-0.2, -0.15) is 14.2 Å². The Morgan fingerprint density at radius 3 is 2.91 bits per heavy atom. The van der Waals surface area contributed by atoms with E-state index in [1.807, 2.05) is 25.1 Å². The van der Waals surface area contributed by atoms with Gasteiger partial charge in [-0.1, -0.05) is 18.2 Å². The summed E-state index contributed by atoms with van der Waals surface area (Å²) in [5.74, 6) is -0.224. The second-order valence-electron chi connectivity index (χ2n) is 4.47. The number of nitrogens with zero attached hydrogens (tertiary/aromatic N) is 5. The van der Waals surface area contributed by atoms with Gasteiger partial charge in [0.05, 0.1) is 11.8 Å². The van der Waals surface area contributed by atoms with Gasteiger partial charge in [0.25, 0.3) is 0 Å². The van der Waals surface area contributed by atoms with Crippen molar-refractivity contribution in [2.75, 3.05) is 0 Å². The van der Waals surface area contributed by atoms with Crippen LogP contribution in [0.4, 0.5) is 4.39 Å². The molecule has 0 aliphatic rings. The van der Waals surface area contributed by atoms with Crippen molar-refractivity contribution in [2.45, 2.75) is 13.5 Å². The second kappa shape index (κ2) is 5.72. The van der Waals surface area contributed by atoms with Crippen molar-refractivity contribution >= 4 is 0 Å². The number of aromatic nitrogens is 6. The number of ether oxygens (including phenoxy) is 1. The lowest BCUT2D eigenvalue weighted by Gasteiger charge is -2.11. The zero-order valence-electron chi connectivity index (χ0n) is 11.5. The van der Waals surface area contributed by atoms with E-state index in [1.54, 1.807) is 6.07 Å². The summed E-state index contributed by atoms with van der Waals surface area (Å²) in [6.45, 7) is 1.75. The van der Waals surface area contributed by atoms with Gasteiger partial charge < -0.3 is 4.74 Å². The number of hydrogen-bond acceptors (Lipinski definition) is 6. The number of hydrogen-bond donors (Lipinski definition) is 1. The number of tetrazole rings is 1. The molecular weight excluding hydrogens is 291 g/mol. The largest absolute Gasteiger partial charge is 0.488 e. The molecule has 0 aliphatic carbocycles. The molecule has 22 heavy (non-hydrogen) atoms. The van der Waals surface area contributed by atoms with Crippen LogP contribution in [0.5, 0.6) is 5.75 Å². The van der Waals surface area contributed by atoms with Gasteiger partial charge >= 0.3 is 5.69 Å². The normalized spacial score (nSPS) is 10.6. The summed E-state index contributed by atoms with van der Waals surface area (Å²) in [6, 6.07) is 7.33. The molecule has 0 bridgehead atoms. The maximum absolute atomic E-state index is 13.9. The molecule has 0 amide bonds. The summed E-state index contributed by atoms with van der Waals surface area (Å²) in [6.07, 6.45) is 1.23. The van der Waals surface area contributed by atoms with Gasteiger partial charge in [-0.25, -0.2) is 9.89 Å². The molecule has 1 aromatic carbocycles. The minimum Gasteiger partial charge on any atom is -0.488 e. The fourth-order valence-electron chi connectivity index (χ4n) is 1.92. The first-order chi connectivity index (χ1) is 10.7. The van der Waals surface area contributed by atoms with Crippen LogP contribution in [0.1, 0.15) is 11.1 Å². The van der Waals surface area contributed by atoms with Gasteiger partial charge in [0, 0.05) is 0 Å². The first-order valence-electron chi connectivity index (χ1n) is 6.36. The van der Waals surface area contributed by atoms with Crippen LogP contribution in [-0.2, 0) is 6.61 Å². The van der Waals surface area contributed by atoms with Gasteiger partial charge in [0.2, 0.25) is 5.95 Å². The van der Waals surface area contributed by atoms with Crippen molar-refractivity contribution in [1.82, 2.24) is 30.4 Å². The van der Waals surface area contributed by atoms with Gasteiger partial charge in [-0.3, -0.25) is 0 Å². The highest BCUT2D eigenvalue weighted by molar-refractivity contribution is 5.37. The summed E-state index contributed by atoms with van der Waals surface area (Å²) in [7, 11) is 0. The zero-order valence-corrected chi connectivity index (χ0v) is 11.5. The number of benzene rings is 1. The van der Waals surface area contributed by atoms with Gasteiger partial charge in [0.1, 0.15) is 18.0 Å². The molecule has 0 fully saturated rings. The number of nitrogens with one attached hydrogen (secondary N) is 1. The third-order valence-corrected chi connectivity index (χ3v) is 3.05. The molecule has 8 nitrogen and oxygen atoms in total. The number of rotatable bonds is 4. The minimum absolute atomic E-state index is 0.0641. The van der Waals surface area contributed by atoms with E-state index >= 15 is 0 Å². The monoisotopic (exact) mass is 302 g/mol. The highest BCUT2D eigenvalue weighted by Gasteiger charge is 2.16. The van der Waals surface area contributed by atoms with Crippen LogP contribution in [0.25, 0.3) is 5.69 Å². The molecule has 0 unspecified atom stereocenters. The van der Waals surface area contributed by atoms with Crippen molar-refractivity contribution in [2.24, 2.45) is 0 Å². The summed E-state index contributed by atoms with van der Waals surface area (Å²) in [5.41, 5.74) is 0.490. The molecule has 112 valence electrons. The summed E-state index contributed by atoms with van der Waals surface area (Å²) < 4.78 is 20.4. The molecule has 0 atom stereocenters. The standard InChI is InChI=1S/C13H11FN6O2/c1-8-4-2-3-5-11(8)22-7-9-10(6-15-16-12(9)14)20-13(21)17-18-19-20/h2-6H,7H2,1H3,(H,17,19,21). The maximum atomic E-state index is 13.9. The fraction of sp³-hybridized carbons (Fsp3) is 0.154. The van der Waals surface area contributed by atoms with Crippen LogP contribution in [0.3, 0.4) is 0 Å². The Bertz CT molecular complexity index is 859. The van der Waals surface area contributed by atoms with Crippen LogP contribution in [0.2, 0.25) is 0 Å². The van der Waals surface area contributed by atoms with Gasteiger partial charge in [0.15, 0.2) is 0 Å². The van der Waals surface area contributed by atoms with E-state index < -0.39 is 11.6 Å². The summed E-state index contributed by atoms with van der Waals surface area (Å²) >= 11 is 0. The first kappa shape index (κ1) is 13.9.